The van der Waals surface area contributed by atoms with Gasteiger partial charge in [0, 0.05) is 5.56 Å². The molecular weight excluding hydrogens is 188 g/mol. The molecule has 0 radical (unpaired) electrons. The van der Waals surface area contributed by atoms with Gasteiger partial charge in [-0.05, 0) is 43.0 Å². The van der Waals surface area contributed by atoms with Gasteiger partial charge in [-0.2, -0.15) is 5.26 Å². The van der Waals surface area contributed by atoms with Crippen molar-refractivity contribution in [3.63, 3.8) is 0 Å². The molecule has 0 saturated carbocycles. The normalized spacial score (nSPS) is 9.73. The van der Waals surface area contributed by atoms with Crippen LogP contribution in [0.15, 0.2) is 6.07 Å². The maximum atomic E-state index is 11.2. The number of amides is 1. The highest BCUT2D eigenvalue weighted by atomic mass is 16.1. The number of primary amides is 1. The van der Waals surface area contributed by atoms with Crippen LogP contribution in [0.4, 0.5) is 0 Å². The number of benzene rings is 1. The molecule has 1 rings (SSSR count). The van der Waals surface area contributed by atoms with Crippen molar-refractivity contribution in [2.75, 3.05) is 0 Å². The molecule has 15 heavy (non-hydrogen) atoms. The number of nitrogens with two attached hydrogens (primary N) is 1. The molecule has 1 amide bonds. The molecule has 0 aliphatic heterocycles. The van der Waals surface area contributed by atoms with Gasteiger partial charge in [-0.25, -0.2) is 0 Å². The first-order chi connectivity index (χ1) is 6.99. The number of rotatable bonds is 2. The average Bonchev–Trinajstić information content (AvgIpc) is 2.11. The largest absolute Gasteiger partial charge is 0.366 e. The van der Waals surface area contributed by atoms with Crippen molar-refractivity contribution in [3.05, 3.63) is 33.9 Å². The second-order valence-electron chi connectivity index (χ2n) is 3.69. The van der Waals surface area contributed by atoms with Gasteiger partial charge in [-0.15, -0.1) is 0 Å². The topological polar surface area (TPSA) is 66.9 Å². The van der Waals surface area contributed by atoms with Crippen LogP contribution in [0, 0.1) is 32.1 Å². The third-order valence-corrected chi connectivity index (χ3v) is 2.63. The van der Waals surface area contributed by atoms with E-state index in [9.17, 15) is 4.79 Å². The molecule has 0 fully saturated rings. The fourth-order valence-electron chi connectivity index (χ4n) is 1.96. The lowest BCUT2D eigenvalue weighted by atomic mass is 9.92. The van der Waals surface area contributed by atoms with E-state index in [2.05, 4.69) is 6.07 Å². The lowest BCUT2D eigenvalue weighted by molar-refractivity contribution is 0.0999. The second kappa shape index (κ2) is 4.14. The Bertz CT molecular complexity index is 456. The van der Waals surface area contributed by atoms with E-state index in [-0.39, 0.29) is 0 Å². The molecule has 3 heteroatoms. The van der Waals surface area contributed by atoms with Crippen LogP contribution >= 0.6 is 0 Å². The Balaban J connectivity index is 3.50. The van der Waals surface area contributed by atoms with Crippen LogP contribution in [0.3, 0.4) is 0 Å². The summed E-state index contributed by atoms with van der Waals surface area (Å²) in [4.78, 5) is 11.2. The van der Waals surface area contributed by atoms with Gasteiger partial charge in [-0.3, -0.25) is 4.79 Å². The average molecular weight is 202 g/mol. The first-order valence-electron chi connectivity index (χ1n) is 4.75. The van der Waals surface area contributed by atoms with Crippen molar-refractivity contribution in [3.8, 4) is 6.07 Å². The Morgan fingerprint density at radius 3 is 2.47 bits per heavy atom. The molecule has 1 aromatic carbocycles. The second-order valence-corrected chi connectivity index (χ2v) is 3.69. The molecule has 0 saturated heterocycles. The molecule has 0 aromatic heterocycles. The highest BCUT2D eigenvalue weighted by Gasteiger charge is 2.14. The summed E-state index contributed by atoms with van der Waals surface area (Å²) in [5.41, 5.74) is 9.52. The van der Waals surface area contributed by atoms with Crippen LogP contribution in [-0.4, -0.2) is 5.91 Å². The zero-order valence-corrected chi connectivity index (χ0v) is 9.22. The van der Waals surface area contributed by atoms with Gasteiger partial charge in [0.15, 0.2) is 0 Å². The third-order valence-electron chi connectivity index (χ3n) is 2.63. The molecule has 0 spiro atoms. The van der Waals surface area contributed by atoms with Crippen LogP contribution in [-0.2, 0) is 6.42 Å². The molecule has 0 aliphatic rings. The number of carbonyl (C=O) groups excluding carboxylic acids is 1. The van der Waals surface area contributed by atoms with E-state index in [4.69, 9.17) is 11.0 Å². The zero-order chi connectivity index (χ0) is 11.6. The maximum Gasteiger partial charge on any atom is 0.249 e. The van der Waals surface area contributed by atoms with E-state index < -0.39 is 5.91 Å². The summed E-state index contributed by atoms with van der Waals surface area (Å²) in [6.45, 7) is 5.64. The highest BCUT2D eigenvalue weighted by Crippen LogP contribution is 2.22. The Labute approximate surface area is 89.5 Å². The molecule has 0 unspecified atom stereocenters. The molecule has 2 N–H and O–H groups in total. The van der Waals surface area contributed by atoms with Crippen molar-refractivity contribution in [2.24, 2.45) is 5.73 Å². The van der Waals surface area contributed by atoms with Gasteiger partial charge in [0.2, 0.25) is 5.91 Å². The van der Waals surface area contributed by atoms with Gasteiger partial charge < -0.3 is 5.73 Å². The summed E-state index contributed by atoms with van der Waals surface area (Å²) in [5.74, 6) is -0.427. The van der Waals surface area contributed by atoms with Gasteiger partial charge >= 0.3 is 0 Å². The molecule has 1 aromatic rings. The molecule has 3 nitrogen and oxygen atoms in total. The number of carbonyl (C=O) groups is 1. The summed E-state index contributed by atoms with van der Waals surface area (Å²) in [6.07, 6.45) is 0.318. The van der Waals surface area contributed by atoms with Crippen LogP contribution in [0.5, 0.6) is 0 Å². The van der Waals surface area contributed by atoms with E-state index in [1.165, 1.54) is 0 Å². The fraction of sp³-hybridized carbons (Fsp3) is 0.333. The van der Waals surface area contributed by atoms with Gasteiger partial charge in [0.25, 0.3) is 0 Å². The molecular formula is C12H14N2O. The summed E-state index contributed by atoms with van der Waals surface area (Å²) in [5, 5.41) is 8.70. The van der Waals surface area contributed by atoms with Crippen molar-refractivity contribution >= 4 is 5.91 Å². The van der Waals surface area contributed by atoms with Crippen molar-refractivity contribution < 1.29 is 4.79 Å². The van der Waals surface area contributed by atoms with Crippen molar-refractivity contribution in [1.29, 1.82) is 5.26 Å². The van der Waals surface area contributed by atoms with E-state index in [0.717, 1.165) is 22.3 Å². The minimum Gasteiger partial charge on any atom is -0.366 e. The van der Waals surface area contributed by atoms with Gasteiger partial charge in [-0.1, -0.05) is 6.07 Å². The van der Waals surface area contributed by atoms with Crippen LogP contribution < -0.4 is 5.73 Å². The Morgan fingerprint density at radius 2 is 2.00 bits per heavy atom. The summed E-state index contributed by atoms with van der Waals surface area (Å²) in [7, 11) is 0. The van der Waals surface area contributed by atoms with Gasteiger partial charge in [0.1, 0.15) is 0 Å². The van der Waals surface area contributed by atoms with E-state index >= 15 is 0 Å². The van der Waals surface area contributed by atoms with Crippen molar-refractivity contribution in [1.82, 2.24) is 0 Å². The third kappa shape index (κ3) is 1.99. The molecule has 0 heterocycles. The Morgan fingerprint density at radius 1 is 1.40 bits per heavy atom. The first kappa shape index (κ1) is 11.3. The van der Waals surface area contributed by atoms with Crippen LogP contribution in [0.1, 0.15) is 32.6 Å². The summed E-state index contributed by atoms with van der Waals surface area (Å²) >= 11 is 0. The smallest absolute Gasteiger partial charge is 0.249 e. The van der Waals surface area contributed by atoms with Crippen molar-refractivity contribution in [2.45, 2.75) is 27.2 Å². The minimum absolute atomic E-state index is 0.318. The molecule has 0 atom stereocenters. The van der Waals surface area contributed by atoms with Gasteiger partial charge in [0.05, 0.1) is 12.5 Å². The standard InChI is InChI=1S/C12H14N2O/c1-7-6-8(2)11(12(14)15)9(3)10(7)4-5-13/h6H,4H2,1-3H3,(H2,14,15). The highest BCUT2D eigenvalue weighted by molar-refractivity contribution is 5.96. The summed E-state index contributed by atoms with van der Waals surface area (Å²) in [6, 6.07) is 4.00. The zero-order valence-electron chi connectivity index (χ0n) is 9.22. The van der Waals surface area contributed by atoms with Crippen LogP contribution in [0.25, 0.3) is 0 Å². The van der Waals surface area contributed by atoms with E-state index in [1.54, 1.807) is 0 Å². The Hall–Kier alpha value is -1.82. The predicted molar refractivity (Wildman–Crippen MR) is 58.5 cm³/mol. The number of hydrogen-bond acceptors (Lipinski definition) is 2. The lowest BCUT2D eigenvalue weighted by Gasteiger charge is -2.13. The quantitative estimate of drug-likeness (QED) is 0.794. The minimum atomic E-state index is -0.427. The number of hydrogen-bond donors (Lipinski definition) is 1. The van der Waals surface area contributed by atoms with E-state index in [1.807, 2.05) is 26.8 Å². The number of nitrogens with zero attached hydrogens (tertiary/aromatic N) is 1. The predicted octanol–water partition coefficient (Wildman–Crippen LogP) is 1.78. The molecule has 78 valence electrons. The molecule has 0 bridgehead atoms. The van der Waals surface area contributed by atoms with Crippen LogP contribution in [0.2, 0.25) is 0 Å². The lowest BCUT2D eigenvalue weighted by Crippen LogP contribution is -2.16. The fourth-order valence-corrected chi connectivity index (χ4v) is 1.96. The summed E-state index contributed by atoms with van der Waals surface area (Å²) < 4.78 is 0. The SMILES string of the molecule is Cc1cc(C)c(C(N)=O)c(C)c1CC#N. The van der Waals surface area contributed by atoms with E-state index in [0.29, 0.717) is 12.0 Å². The number of nitriles is 1. The Kier molecular flexibility index (Phi) is 3.11. The first-order valence-corrected chi connectivity index (χ1v) is 4.75. The number of aryl methyl sites for hydroxylation is 2. The maximum absolute atomic E-state index is 11.2. The monoisotopic (exact) mass is 202 g/mol. The molecule has 0 aliphatic carbocycles.